The van der Waals surface area contributed by atoms with Gasteiger partial charge in [-0.3, -0.25) is 15.1 Å². The van der Waals surface area contributed by atoms with Gasteiger partial charge in [-0.15, -0.1) is 0 Å². The maximum Gasteiger partial charge on any atom is 0.280 e. The number of aromatic amines is 1. The Labute approximate surface area is 188 Å². The number of piperidine rings is 1. The molecule has 170 valence electrons. The number of rotatable bonds is 8. The van der Waals surface area contributed by atoms with Crippen LogP contribution in [-0.2, 0) is 6.54 Å². The SMILES string of the molecule is C[C@@H]1CCC[C@H](C)N1CCCCCn1c(=O)c(-c2ncc(C(=N)N)[nH]2)nc2ccccc21. The van der Waals surface area contributed by atoms with Gasteiger partial charge in [-0.2, -0.15) is 0 Å². The van der Waals surface area contributed by atoms with Crippen molar-refractivity contribution in [2.24, 2.45) is 5.73 Å². The van der Waals surface area contributed by atoms with E-state index in [1.807, 2.05) is 24.3 Å². The summed E-state index contributed by atoms with van der Waals surface area (Å²) in [5.41, 5.74) is 7.57. The Bertz CT molecular complexity index is 1140. The quantitative estimate of drug-likeness (QED) is 0.284. The van der Waals surface area contributed by atoms with E-state index in [4.69, 9.17) is 11.1 Å². The molecular formula is C24H33N7O. The van der Waals surface area contributed by atoms with E-state index in [0.717, 1.165) is 36.8 Å². The van der Waals surface area contributed by atoms with Crippen LogP contribution in [0.5, 0.6) is 0 Å². The third-order valence-electron chi connectivity index (χ3n) is 6.62. The fraction of sp³-hybridized carbons (Fsp3) is 0.500. The monoisotopic (exact) mass is 435 g/mol. The highest BCUT2D eigenvalue weighted by Crippen LogP contribution is 2.23. The normalized spacial score (nSPS) is 19.4. The van der Waals surface area contributed by atoms with Crippen LogP contribution in [-0.4, -0.2) is 48.9 Å². The lowest BCUT2D eigenvalue weighted by Crippen LogP contribution is -2.44. The van der Waals surface area contributed by atoms with Crippen molar-refractivity contribution in [3.05, 3.63) is 46.5 Å². The van der Waals surface area contributed by atoms with E-state index in [9.17, 15) is 4.79 Å². The van der Waals surface area contributed by atoms with Crippen LogP contribution in [0.15, 0.2) is 35.3 Å². The lowest BCUT2D eigenvalue weighted by atomic mass is 9.97. The van der Waals surface area contributed by atoms with Crippen molar-refractivity contribution >= 4 is 16.9 Å². The molecular weight excluding hydrogens is 402 g/mol. The van der Waals surface area contributed by atoms with Gasteiger partial charge in [0.15, 0.2) is 11.5 Å². The molecule has 2 atom stereocenters. The standard InChI is InChI=1S/C24H33N7O/c1-16-9-8-10-17(2)30(16)13-6-3-7-14-31-20-12-5-4-11-18(20)28-21(24(31)32)23-27-15-19(29-23)22(25)26/h4-5,11-12,15-17H,3,6-10,13-14H2,1-2H3,(H3,25,26)(H,27,29)/t16-,17+. The topological polar surface area (TPSA) is 117 Å². The number of nitrogens with one attached hydrogen (secondary N) is 2. The van der Waals surface area contributed by atoms with Gasteiger partial charge in [0.2, 0.25) is 0 Å². The van der Waals surface area contributed by atoms with Crippen molar-refractivity contribution < 1.29 is 0 Å². The van der Waals surface area contributed by atoms with E-state index in [-0.39, 0.29) is 17.1 Å². The second-order valence-corrected chi connectivity index (χ2v) is 8.89. The van der Waals surface area contributed by atoms with Crippen molar-refractivity contribution in [3.8, 4) is 11.5 Å². The van der Waals surface area contributed by atoms with Gasteiger partial charge in [-0.05, 0) is 58.2 Å². The molecule has 8 nitrogen and oxygen atoms in total. The fourth-order valence-electron chi connectivity index (χ4n) is 4.80. The van der Waals surface area contributed by atoms with Crippen LogP contribution in [0, 0.1) is 5.41 Å². The maximum absolute atomic E-state index is 13.3. The lowest BCUT2D eigenvalue weighted by molar-refractivity contribution is 0.101. The van der Waals surface area contributed by atoms with Crippen LogP contribution in [0.4, 0.5) is 0 Å². The van der Waals surface area contributed by atoms with E-state index in [2.05, 4.69) is 33.7 Å². The molecule has 0 aliphatic carbocycles. The predicted molar refractivity (Wildman–Crippen MR) is 128 cm³/mol. The maximum atomic E-state index is 13.3. The van der Waals surface area contributed by atoms with Crippen LogP contribution in [0.1, 0.15) is 58.1 Å². The number of para-hydroxylation sites is 2. The highest BCUT2D eigenvalue weighted by molar-refractivity contribution is 5.93. The fourth-order valence-corrected chi connectivity index (χ4v) is 4.80. The number of nitrogens with two attached hydrogens (primary N) is 1. The average Bonchev–Trinajstić information content (AvgIpc) is 3.27. The number of amidine groups is 1. The first-order valence-electron chi connectivity index (χ1n) is 11.6. The Hall–Kier alpha value is -3.00. The van der Waals surface area contributed by atoms with Gasteiger partial charge in [-0.1, -0.05) is 25.0 Å². The van der Waals surface area contributed by atoms with Crippen molar-refractivity contribution in [2.45, 2.75) is 71.0 Å². The summed E-state index contributed by atoms with van der Waals surface area (Å²) in [5.74, 6) is 0.218. The number of nitrogens with zero attached hydrogens (tertiary/aromatic N) is 4. The molecule has 4 N–H and O–H groups in total. The van der Waals surface area contributed by atoms with Crippen molar-refractivity contribution in [3.63, 3.8) is 0 Å². The largest absolute Gasteiger partial charge is 0.382 e. The number of aryl methyl sites for hydroxylation is 1. The summed E-state index contributed by atoms with van der Waals surface area (Å²) >= 11 is 0. The van der Waals surface area contributed by atoms with Crippen LogP contribution >= 0.6 is 0 Å². The molecule has 0 unspecified atom stereocenters. The molecule has 3 heterocycles. The van der Waals surface area contributed by atoms with Gasteiger partial charge in [0.1, 0.15) is 11.5 Å². The van der Waals surface area contributed by atoms with Gasteiger partial charge in [-0.25, -0.2) is 9.97 Å². The first-order chi connectivity index (χ1) is 15.5. The van der Waals surface area contributed by atoms with E-state index in [1.54, 1.807) is 4.57 Å². The molecule has 4 rings (SSSR count). The molecule has 0 bridgehead atoms. The molecule has 0 saturated carbocycles. The van der Waals surface area contributed by atoms with Crippen LogP contribution in [0.25, 0.3) is 22.6 Å². The number of nitrogen functional groups attached to an aromatic ring is 1. The lowest BCUT2D eigenvalue weighted by Gasteiger charge is -2.39. The summed E-state index contributed by atoms with van der Waals surface area (Å²) in [4.78, 5) is 27.7. The predicted octanol–water partition coefficient (Wildman–Crippen LogP) is 3.50. The number of likely N-dealkylation sites (tertiary alicyclic amines) is 1. The van der Waals surface area contributed by atoms with Gasteiger partial charge in [0.25, 0.3) is 5.56 Å². The number of unbranched alkanes of at least 4 members (excludes halogenated alkanes) is 2. The molecule has 0 spiro atoms. The number of hydrogen-bond donors (Lipinski definition) is 3. The zero-order chi connectivity index (χ0) is 22.7. The van der Waals surface area contributed by atoms with Crippen molar-refractivity contribution in [1.82, 2.24) is 24.4 Å². The van der Waals surface area contributed by atoms with E-state index in [0.29, 0.717) is 30.1 Å². The van der Waals surface area contributed by atoms with Crippen LogP contribution < -0.4 is 11.3 Å². The molecule has 1 aliphatic rings. The van der Waals surface area contributed by atoms with Crippen LogP contribution in [0.2, 0.25) is 0 Å². The van der Waals surface area contributed by atoms with Crippen molar-refractivity contribution in [1.29, 1.82) is 5.41 Å². The van der Waals surface area contributed by atoms with Gasteiger partial charge < -0.3 is 15.3 Å². The summed E-state index contributed by atoms with van der Waals surface area (Å²) in [5, 5.41) is 7.57. The highest BCUT2D eigenvalue weighted by Gasteiger charge is 2.23. The Morgan fingerprint density at radius 1 is 1.16 bits per heavy atom. The number of aromatic nitrogens is 4. The number of H-pyrrole nitrogens is 1. The number of imidazole rings is 1. The summed E-state index contributed by atoms with van der Waals surface area (Å²) in [6.45, 7) is 6.44. The molecule has 1 aliphatic heterocycles. The Morgan fingerprint density at radius 3 is 2.59 bits per heavy atom. The molecule has 32 heavy (non-hydrogen) atoms. The third-order valence-corrected chi connectivity index (χ3v) is 6.62. The summed E-state index contributed by atoms with van der Waals surface area (Å²) in [7, 11) is 0. The first kappa shape index (κ1) is 22.2. The Morgan fingerprint density at radius 2 is 1.88 bits per heavy atom. The molecule has 3 aromatic rings. The zero-order valence-corrected chi connectivity index (χ0v) is 19.0. The van der Waals surface area contributed by atoms with E-state index in [1.165, 1.54) is 25.5 Å². The smallest absolute Gasteiger partial charge is 0.280 e. The third kappa shape index (κ3) is 4.60. The van der Waals surface area contributed by atoms with E-state index < -0.39 is 0 Å². The highest BCUT2D eigenvalue weighted by atomic mass is 16.1. The van der Waals surface area contributed by atoms with Gasteiger partial charge >= 0.3 is 0 Å². The Balaban J connectivity index is 1.49. The van der Waals surface area contributed by atoms with Gasteiger partial charge in [0.05, 0.1) is 17.2 Å². The minimum absolute atomic E-state index is 0.123. The number of fused-ring (bicyclic) bond motifs is 1. The summed E-state index contributed by atoms with van der Waals surface area (Å²) in [6, 6.07) is 9.02. The molecule has 1 saturated heterocycles. The molecule has 8 heteroatoms. The minimum atomic E-state index is -0.175. The van der Waals surface area contributed by atoms with Gasteiger partial charge in [0, 0.05) is 18.6 Å². The molecule has 0 radical (unpaired) electrons. The second-order valence-electron chi connectivity index (χ2n) is 8.89. The molecule has 0 amide bonds. The minimum Gasteiger partial charge on any atom is -0.382 e. The molecule has 2 aromatic heterocycles. The first-order valence-corrected chi connectivity index (χ1v) is 11.6. The summed E-state index contributed by atoms with van der Waals surface area (Å²) in [6.07, 6.45) is 8.53. The second kappa shape index (κ2) is 9.65. The number of benzene rings is 1. The molecule has 1 aromatic carbocycles. The number of hydrogen-bond acceptors (Lipinski definition) is 5. The zero-order valence-electron chi connectivity index (χ0n) is 19.0. The Kier molecular flexibility index (Phi) is 6.69. The van der Waals surface area contributed by atoms with Crippen LogP contribution in [0.3, 0.4) is 0 Å². The summed E-state index contributed by atoms with van der Waals surface area (Å²) < 4.78 is 1.81. The van der Waals surface area contributed by atoms with Crippen molar-refractivity contribution in [2.75, 3.05) is 6.54 Å². The molecule has 1 fully saturated rings. The average molecular weight is 436 g/mol. The van der Waals surface area contributed by atoms with E-state index >= 15 is 0 Å².